The summed E-state index contributed by atoms with van der Waals surface area (Å²) in [5, 5.41) is 17.6. The molecule has 2 aliphatic rings. The number of anilines is 1. The smallest absolute Gasteiger partial charge is 0.266 e. The topological polar surface area (TPSA) is 127 Å². The number of ether oxygens (including phenoxy) is 1. The van der Waals surface area contributed by atoms with Crippen LogP contribution >= 0.6 is 0 Å². The van der Waals surface area contributed by atoms with Crippen molar-refractivity contribution in [1.29, 1.82) is 0 Å². The minimum atomic E-state index is -0.814. The fraction of sp³-hybridized carbons (Fsp3) is 0.632. The highest BCUT2D eigenvalue weighted by Crippen LogP contribution is 2.40. The summed E-state index contributed by atoms with van der Waals surface area (Å²) in [6, 6.07) is 0. The van der Waals surface area contributed by atoms with Gasteiger partial charge in [-0.15, -0.1) is 0 Å². The molecule has 10 heteroatoms. The molecule has 4 heterocycles. The van der Waals surface area contributed by atoms with Gasteiger partial charge in [-0.05, 0) is 31.8 Å². The fourth-order valence-corrected chi connectivity index (χ4v) is 4.10. The number of hydrogen-bond donors (Lipinski definition) is 2. The molecule has 1 spiro atoms. The molecule has 4 rings (SSSR count). The van der Waals surface area contributed by atoms with E-state index in [9.17, 15) is 9.90 Å². The van der Waals surface area contributed by atoms with Crippen LogP contribution < -0.4 is 10.2 Å². The minimum Gasteiger partial charge on any atom is -0.388 e. The van der Waals surface area contributed by atoms with E-state index in [4.69, 9.17) is 9.26 Å². The van der Waals surface area contributed by atoms with Crippen LogP contribution in [0.4, 0.5) is 5.95 Å². The van der Waals surface area contributed by atoms with E-state index in [1.165, 1.54) is 12.4 Å². The third-order valence-corrected chi connectivity index (χ3v) is 5.89. The number of carbonyl (C=O) groups is 1. The van der Waals surface area contributed by atoms with Gasteiger partial charge in [0.05, 0.1) is 23.3 Å². The number of amides is 1. The molecule has 0 bridgehead atoms. The number of hydrogen-bond acceptors (Lipinski definition) is 9. The van der Waals surface area contributed by atoms with Gasteiger partial charge < -0.3 is 24.6 Å². The zero-order chi connectivity index (χ0) is 20.6. The van der Waals surface area contributed by atoms with Crippen molar-refractivity contribution in [1.82, 2.24) is 25.4 Å². The van der Waals surface area contributed by atoms with Gasteiger partial charge in [-0.1, -0.05) is 0 Å². The van der Waals surface area contributed by atoms with Crippen molar-refractivity contribution in [3.8, 4) is 0 Å². The lowest BCUT2D eigenvalue weighted by atomic mass is 9.74. The lowest BCUT2D eigenvalue weighted by molar-refractivity contribution is -0.167. The Labute approximate surface area is 168 Å². The first-order chi connectivity index (χ1) is 13.8. The van der Waals surface area contributed by atoms with E-state index in [0.717, 1.165) is 12.8 Å². The van der Waals surface area contributed by atoms with Crippen LogP contribution in [0.25, 0.3) is 0 Å². The molecule has 2 aromatic rings. The summed E-state index contributed by atoms with van der Waals surface area (Å²) < 4.78 is 11.2. The first kappa shape index (κ1) is 19.7. The Morgan fingerprint density at radius 3 is 2.59 bits per heavy atom. The Morgan fingerprint density at radius 2 is 1.97 bits per heavy atom. The van der Waals surface area contributed by atoms with Gasteiger partial charge in [-0.2, -0.15) is 4.98 Å². The maximum absolute atomic E-state index is 12.7. The Morgan fingerprint density at radius 1 is 1.28 bits per heavy atom. The fourth-order valence-electron chi connectivity index (χ4n) is 4.10. The molecule has 2 aromatic heterocycles. The van der Waals surface area contributed by atoms with Gasteiger partial charge in [-0.3, -0.25) is 4.79 Å². The molecule has 0 unspecified atom stereocenters. The molecular formula is C19H26N6O4. The molecule has 0 radical (unpaired) electrons. The number of nitrogens with zero attached hydrogens (tertiary/aromatic N) is 5. The van der Waals surface area contributed by atoms with E-state index >= 15 is 0 Å². The van der Waals surface area contributed by atoms with Crippen LogP contribution in [0.5, 0.6) is 0 Å². The van der Waals surface area contributed by atoms with Gasteiger partial charge in [0.15, 0.2) is 0 Å². The molecule has 2 atom stereocenters. The summed E-state index contributed by atoms with van der Waals surface area (Å²) in [4.78, 5) is 27.2. The quantitative estimate of drug-likeness (QED) is 0.766. The Hall–Kier alpha value is -2.59. The molecule has 0 aromatic carbocycles. The van der Waals surface area contributed by atoms with Gasteiger partial charge >= 0.3 is 0 Å². The number of aliphatic hydroxyl groups excluding tert-OH is 1. The minimum absolute atomic E-state index is 0.169. The summed E-state index contributed by atoms with van der Waals surface area (Å²) in [5.74, 6) is 1.42. The van der Waals surface area contributed by atoms with Crippen molar-refractivity contribution >= 4 is 11.9 Å². The summed E-state index contributed by atoms with van der Waals surface area (Å²) >= 11 is 0. The molecule has 2 saturated heterocycles. The van der Waals surface area contributed by atoms with Gasteiger partial charge in [0.25, 0.3) is 11.9 Å². The maximum atomic E-state index is 12.7. The van der Waals surface area contributed by atoms with E-state index in [1.807, 2.05) is 6.92 Å². The number of piperidine rings is 1. The Balaban J connectivity index is 1.44. The number of nitrogens with one attached hydrogen (secondary N) is 1. The second-order valence-electron chi connectivity index (χ2n) is 8.18. The lowest BCUT2D eigenvalue weighted by Gasteiger charge is -2.51. The van der Waals surface area contributed by atoms with E-state index in [0.29, 0.717) is 42.7 Å². The number of aromatic nitrogens is 4. The van der Waals surface area contributed by atoms with Crippen molar-refractivity contribution in [2.75, 3.05) is 24.6 Å². The van der Waals surface area contributed by atoms with Crippen molar-refractivity contribution in [2.24, 2.45) is 0 Å². The van der Waals surface area contributed by atoms with Crippen LogP contribution in [0.2, 0.25) is 0 Å². The molecule has 2 N–H and O–H groups in total. The van der Waals surface area contributed by atoms with Crippen LogP contribution in [-0.4, -0.2) is 68.1 Å². The highest BCUT2D eigenvalue weighted by Gasteiger charge is 2.50. The SMILES string of the molecule is Cc1ncc(C(=O)N[C@]2(C)CC3(CCN(c4noc(C)n4)CC3)OC[C@H]2O)cn1. The highest BCUT2D eigenvalue weighted by molar-refractivity contribution is 5.94. The second kappa shape index (κ2) is 7.34. The number of aliphatic hydroxyl groups is 1. The average Bonchev–Trinajstić information content (AvgIpc) is 3.12. The predicted molar refractivity (Wildman–Crippen MR) is 102 cm³/mol. The Kier molecular flexibility index (Phi) is 4.99. The molecule has 29 heavy (non-hydrogen) atoms. The summed E-state index contributed by atoms with van der Waals surface area (Å²) in [7, 11) is 0. The third-order valence-electron chi connectivity index (χ3n) is 5.89. The van der Waals surface area contributed by atoms with E-state index in [2.05, 4.69) is 30.3 Å². The Bertz CT molecular complexity index is 877. The predicted octanol–water partition coefficient (Wildman–Crippen LogP) is 0.785. The molecule has 0 saturated carbocycles. The zero-order valence-corrected chi connectivity index (χ0v) is 16.9. The standard InChI is InChI=1S/C19H26N6O4/c1-12-20-8-14(9-21-12)16(27)23-18(3)11-19(28-10-15(18)26)4-6-25(7-5-19)17-22-13(2)29-24-17/h8-9,15,26H,4-7,10-11H2,1-3H3,(H,23,27)/t15-,18-/m1/s1. The third kappa shape index (κ3) is 3.95. The van der Waals surface area contributed by atoms with Gasteiger partial charge in [0, 0.05) is 38.8 Å². The van der Waals surface area contributed by atoms with Crippen molar-refractivity contribution in [3.05, 3.63) is 29.7 Å². The van der Waals surface area contributed by atoms with Gasteiger partial charge in [0.2, 0.25) is 5.89 Å². The molecule has 10 nitrogen and oxygen atoms in total. The van der Waals surface area contributed by atoms with Crippen LogP contribution in [0.3, 0.4) is 0 Å². The first-order valence-electron chi connectivity index (χ1n) is 9.77. The number of rotatable bonds is 3. The second-order valence-corrected chi connectivity index (χ2v) is 8.18. The summed E-state index contributed by atoms with van der Waals surface area (Å²) in [5.41, 5.74) is -0.863. The summed E-state index contributed by atoms with van der Waals surface area (Å²) in [6.07, 6.45) is 4.18. The molecule has 2 aliphatic heterocycles. The van der Waals surface area contributed by atoms with Crippen LogP contribution in [0.1, 0.15) is 48.3 Å². The molecule has 156 valence electrons. The van der Waals surface area contributed by atoms with Crippen molar-refractivity contribution in [2.45, 2.75) is 57.3 Å². The number of carbonyl (C=O) groups excluding carboxylic acids is 1. The van der Waals surface area contributed by atoms with Crippen LogP contribution in [0.15, 0.2) is 16.9 Å². The molecular weight excluding hydrogens is 376 g/mol. The van der Waals surface area contributed by atoms with Crippen molar-refractivity contribution < 1.29 is 19.2 Å². The zero-order valence-electron chi connectivity index (χ0n) is 16.9. The van der Waals surface area contributed by atoms with E-state index in [1.54, 1.807) is 13.8 Å². The molecule has 0 aliphatic carbocycles. The molecule has 2 fully saturated rings. The monoisotopic (exact) mass is 402 g/mol. The maximum Gasteiger partial charge on any atom is 0.266 e. The van der Waals surface area contributed by atoms with Crippen LogP contribution in [0, 0.1) is 13.8 Å². The lowest BCUT2D eigenvalue weighted by Crippen LogP contribution is -2.65. The first-order valence-corrected chi connectivity index (χ1v) is 9.77. The van der Waals surface area contributed by atoms with Gasteiger partial charge in [-0.25, -0.2) is 9.97 Å². The number of aryl methyl sites for hydroxylation is 2. The van der Waals surface area contributed by atoms with Crippen LogP contribution in [-0.2, 0) is 4.74 Å². The largest absolute Gasteiger partial charge is 0.388 e. The van der Waals surface area contributed by atoms with E-state index < -0.39 is 17.2 Å². The van der Waals surface area contributed by atoms with E-state index in [-0.39, 0.29) is 12.5 Å². The summed E-state index contributed by atoms with van der Waals surface area (Å²) in [6.45, 7) is 6.99. The average molecular weight is 402 g/mol. The normalized spacial score (nSPS) is 26.5. The molecule has 1 amide bonds. The van der Waals surface area contributed by atoms with Crippen molar-refractivity contribution in [3.63, 3.8) is 0 Å². The van der Waals surface area contributed by atoms with Gasteiger partial charge in [0.1, 0.15) is 11.9 Å². The highest BCUT2D eigenvalue weighted by atomic mass is 16.5.